The molecule has 3 amide bonds. The molecule has 0 unspecified atom stereocenters. The van der Waals surface area contributed by atoms with E-state index >= 15 is 0 Å². The van der Waals surface area contributed by atoms with Gasteiger partial charge in [-0.15, -0.1) is 0 Å². The van der Waals surface area contributed by atoms with Crippen LogP contribution in [0.3, 0.4) is 0 Å². The molecule has 0 fully saturated rings. The first kappa shape index (κ1) is 17.8. The molecule has 6 heteroatoms. The van der Waals surface area contributed by atoms with Crippen LogP contribution < -0.4 is 15.5 Å². The maximum Gasteiger partial charge on any atom is 0.319 e. The van der Waals surface area contributed by atoms with Crippen LogP contribution in [0.1, 0.15) is 18.1 Å². The van der Waals surface area contributed by atoms with Crippen LogP contribution in [-0.2, 0) is 4.79 Å². The van der Waals surface area contributed by atoms with Gasteiger partial charge in [-0.25, -0.2) is 4.79 Å². The summed E-state index contributed by atoms with van der Waals surface area (Å²) >= 11 is 0. The average molecular weight is 306 g/mol. The van der Waals surface area contributed by atoms with Crippen LogP contribution in [0, 0.1) is 13.8 Å². The highest BCUT2D eigenvalue weighted by Gasteiger charge is 2.18. The first-order valence-corrected chi connectivity index (χ1v) is 7.20. The van der Waals surface area contributed by atoms with Gasteiger partial charge in [0, 0.05) is 39.6 Å². The van der Waals surface area contributed by atoms with Gasteiger partial charge in [0.05, 0.1) is 0 Å². The highest BCUT2D eigenvalue weighted by atomic mass is 16.2. The number of benzene rings is 1. The molecule has 0 bridgehead atoms. The van der Waals surface area contributed by atoms with E-state index in [2.05, 4.69) is 10.6 Å². The van der Waals surface area contributed by atoms with Crippen LogP contribution >= 0.6 is 0 Å². The average Bonchev–Trinajstić information content (AvgIpc) is 2.41. The summed E-state index contributed by atoms with van der Waals surface area (Å²) in [6, 6.07) is 3.07. The van der Waals surface area contributed by atoms with Gasteiger partial charge in [-0.3, -0.25) is 4.79 Å². The highest BCUT2D eigenvalue weighted by molar-refractivity contribution is 5.94. The molecule has 0 saturated heterocycles. The lowest BCUT2D eigenvalue weighted by Crippen LogP contribution is -2.45. The molecule has 1 atom stereocenters. The second-order valence-corrected chi connectivity index (χ2v) is 5.90. The molecule has 0 aliphatic heterocycles. The second-order valence-electron chi connectivity index (χ2n) is 5.90. The number of anilines is 2. The van der Waals surface area contributed by atoms with Gasteiger partial charge in [0.2, 0.25) is 5.91 Å². The van der Waals surface area contributed by atoms with Crippen molar-refractivity contribution >= 4 is 23.3 Å². The van der Waals surface area contributed by atoms with Crippen molar-refractivity contribution in [2.45, 2.75) is 26.8 Å². The Bertz CT molecular complexity index is 544. The largest absolute Gasteiger partial charge is 0.378 e. The maximum atomic E-state index is 12.1. The van der Waals surface area contributed by atoms with E-state index in [1.165, 1.54) is 4.90 Å². The van der Waals surface area contributed by atoms with E-state index in [0.29, 0.717) is 0 Å². The van der Waals surface area contributed by atoms with Gasteiger partial charge in [-0.2, -0.15) is 0 Å². The van der Waals surface area contributed by atoms with Crippen molar-refractivity contribution in [3.63, 3.8) is 0 Å². The highest BCUT2D eigenvalue weighted by Crippen LogP contribution is 2.26. The Hall–Kier alpha value is -2.24. The van der Waals surface area contributed by atoms with Crippen LogP contribution in [0.5, 0.6) is 0 Å². The van der Waals surface area contributed by atoms with E-state index in [1.807, 2.05) is 45.0 Å². The zero-order valence-corrected chi connectivity index (χ0v) is 14.4. The number of aryl methyl sites for hydroxylation is 2. The zero-order chi connectivity index (χ0) is 17.0. The molecule has 0 spiro atoms. The number of amides is 3. The van der Waals surface area contributed by atoms with Crippen LogP contribution in [0.2, 0.25) is 0 Å². The summed E-state index contributed by atoms with van der Waals surface area (Å²) in [5.74, 6) is -0.147. The quantitative estimate of drug-likeness (QED) is 0.894. The SMILES string of the molecule is Cc1cc(N(C)C)cc(C)c1NC(=O)N[C@@H](C)C(=O)N(C)C. The van der Waals surface area contributed by atoms with Crippen molar-refractivity contribution in [2.24, 2.45) is 0 Å². The molecule has 0 aliphatic rings. The first-order valence-electron chi connectivity index (χ1n) is 7.20. The molecule has 1 aromatic rings. The molecule has 0 aromatic heterocycles. The van der Waals surface area contributed by atoms with Crippen LogP contribution in [0.15, 0.2) is 12.1 Å². The van der Waals surface area contributed by atoms with Gasteiger partial charge in [-0.05, 0) is 44.0 Å². The Morgan fingerprint density at radius 1 is 1.05 bits per heavy atom. The number of carbonyl (C=O) groups excluding carboxylic acids is 2. The predicted molar refractivity (Wildman–Crippen MR) is 90.6 cm³/mol. The molecule has 2 N–H and O–H groups in total. The molecule has 1 rings (SSSR count). The lowest BCUT2D eigenvalue weighted by atomic mass is 10.1. The number of likely N-dealkylation sites (N-methyl/N-ethyl adjacent to an activating group) is 1. The molecule has 0 radical (unpaired) electrons. The Labute approximate surface area is 132 Å². The molecule has 6 nitrogen and oxygen atoms in total. The lowest BCUT2D eigenvalue weighted by Gasteiger charge is -2.20. The van der Waals surface area contributed by atoms with E-state index < -0.39 is 6.04 Å². The minimum Gasteiger partial charge on any atom is -0.378 e. The van der Waals surface area contributed by atoms with Gasteiger partial charge in [0.1, 0.15) is 6.04 Å². The summed E-state index contributed by atoms with van der Waals surface area (Å²) in [5, 5.41) is 5.48. The normalized spacial score (nSPS) is 11.6. The summed E-state index contributed by atoms with van der Waals surface area (Å²) in [7, 11) is 7.27. The fraction of sp³-hybridized carbons (Fsp3) is 0.500. The predicted octanol–water partition coefficient (Wildman–Crippen LogP) is 1.97. The van der Waals surface area contributed by atoms with Crippen LogP contribution in [0.4, 0.5) is 16.2 Å². The van der Waals surface area contributed by atoms with Crippen molar-refractivity contribution in [2.75, 3.05) is 38.4 Å². The fourth-order valence-corrected chi connectivity index (χ4v) is 2.19. The summed E-state index contributed by atoms with van der Waals surface area (Å²) in [6.45, 7) is 5.56. The van der Waals surface area contributed by atoms with Crippen molar-refractivity contribution in [1.82, 2.24) is 10.2 Å². The van der Waals surface area contributed by atoms with Gasteiger partial charge in [0.15, 0.2) is 0 Å². The van der Waals surface area contributed by atoms with Crippen LogP contribution in [-0.4, -0.2) is 51.1 Å². The number of urea groups is 1. The molecule has 0 aliphatic carbocycles. The van der Waals surface area contributed by atoms with Crippen LogP contribution in [0.25, 0.3) is 0 Å². The van der Waals surface area contributed by atoms with E-state index in [9.17, 15) is 9.59 Å². The first-order chi connectivity index (χ1) is 10.1. The number of nitrogens with zero attached hydrogens (tertiary/aromatic N) is 2. The number of hydrogen-bond acceptors (Lipinski definition) is 3. The van der Waals surface area contributed by atoms with Crippen molar-refractivity contribution < 1.29 is 9.59 Å². The zero-order valence-electron chi connectivity index (χ0n) is 14.4. The van der Waals surface area contributed by atoms with Crippen molar-refractivity contribution in [1.29, 1.82) is 0 Å². The number of hydrogen-bond donors (Lipinski definition) is 2. The number of nitrogens with one attached hydrogen (secondary N) is 2. The number of rotatable bonds is 4. The maximum absolute atomic E-state index is 12.1. The van der Waals surface area contributed by atoms with E-state index in [-0.39, 0.29) is 11.9 Å². The summed E-state index contributed by atoms with van der Waals surface area (Å²) in [6.07, 6.45) is 0. The molecular weight excluding hydrogens is 280 g/mol. The van der Waals surface area contributed by atoms with Crippen molar-refractivity contribution in [3.8, 4) is 0 Å². The topological polar surface area (TPSA) is 64.7 Å². The fourth-order valence-electron chi connectivity index (χ4n) is 2.19. The van der Waals surface area contributed by atoms with E-state index in [4.69, 9.17) is 0 Å². The van der Waals surface area contributed by atoms with Gasteiger partial charge >= 0.3 is 6.03 Å². The Balaban J connectivity index is 2.83. The van der Waals surface area contributed by atoms with Gasteiger partial charge in [0.25, 0.3) is 0 Å². The Kier molecular flexibility index (Phi) is 5.79. The van der Waals surface area contributed by atoms with E-state index in [0.717, 1.165) is 22.5 Å². The molecular formula is C16H26N4O2. The number of carbonyl (C=O) groups is 2. The molecule has 122 valence electrons. The third-order valence-corrected chi connectivity index (χ3v) is 3.43. The summed E-state index contributed by atoms with van der Waals surface area (Å²) in [4.78, 5) is 27.3. The molecule has 22 heavy (non-hydrogen) atoms. The lowest BCUT2D eigenvalue weighted by molar-refractivity contribution is -0.130. The molecule has 1 aromatic carbocycles. The summed E-state index contributed by atoms with van der Waals surface area (Å²) < 4.78 is 0. The third kappa shape index (κ3) is 4.38. The Morgan fingerprint density at radius 2 is 1.55 bits per heavy atom. The second kappa shape index (κ2) is 7.15. The smallest absolute Gasteiger partial charge is 0.319 e. The molecule has 0 heterocycles. The van der Waals surface area contributed by atoms with Crippen molar-refractivity contribution in [3.05, 3.63) is 23.3 Å². The molecule has 0 saturated carbocycles. The monoisotopic (exact) mass is 306 g/mol. The van der Waals surface area contributed by atoms with Gasteiger partial charge in [-0.1, -0.05) is 0 Å². The standard InChI is InChI=1S/C16H26N4O2/c1-10-8-13(19(4)5)9-11(2)14(10)18-16(22)17-12(3)15(21)20(6)7/h8-9,12H,1-7H3,(H2,17,18,22)/t12-/m0/s1. The third-order valence-electron chi connectivity index (χ3n) is 3.43. The minimum absolute atomic E-state index is 0.147. The van der Waals surface area contributed by atoms with Gasteiger partial charge < -0.3 is 20.4 Å². The Morgan fingerprint density at radius 3 is 1.95 bits per heavy atom. The summed E-state index contributed by atoms with van der Waals surface area (Å²) in [5.41, 5.74) is 3.81. The minimum atomic E-state index is -0.573. The van der Waals surface area contributed by atoms with E-state index in [1.54, 1.807) is 21.0 Å².